The Kier molecular flexibility index (Phi) is 3.99. The predicted octanol–water partition coefficient (Wildman–Crippen LogP) is 3.11. The smallest absolute Gasteiger partial charge is 0.0832 e. The van der Waals surface area contributed by atoms with E-state index in [0.717, 1.165) is 11.3 Å². The molecule has 5 heteroatoms. The highest BCUT2D eigenvalue weighted by molar-refractivity contribution is 7.80. The minimum atomic E-state index is -0.00472. The molecular formula is C13H14ClN3S. The van der Waals surface area contributed by atoms with Crippen LogP contribution >= 0.6 is 23.8 Å². The van der Waals surface area contributed by atoms with Gasteiger partial charge in [0.2, 0.25) is 0 Å². The van der Waals surface area contributed by atoms with Gasteiger partial charge in [0.1, 0.15) is 0 Å². The van der Waals surface area contributed by atoms with Gasteiger partial charge in [0, 0.05) is 12.6 Å². The summed E-state index contributed by atoms with van der Waals surface area (Å²) in [4.78, 5) is 0.466. The van der Waals surface area contributed by atoms with Gasteiger partial charge in [-0.15, -0.1) is 0 Å². The molecular weight excluding hydrogens is 266 g/mol. The minimum Gasteiger partial charge on any atom is -0.393 e. The number of benzene rings is 1. The van der Waals surface area contributed by atoms with Crippen LogP contribution in [0.3, 0.4) is 0 Å². The molecule has 2 aromatic rings. The molecule has 0 aliphatic rings. The van der Waals surface area contributed by atoms with Crippen LogP contribution in [0.25, 0.3) is 0 Å². The highest BCUT2D eigenvalue weighted by atomic mass is 35.5. The Bertz CT molecular complexity index is 531. The van der Waals surface area contributed by atoms with Crippen LogP contribution in [0.2, 0.25) is 5.02 Å². The number of rotatable bonds is 4. The Hall–Kier alpha value is -1.39. The van der Waals surface area contributed by atoms with E-state index >= 15 is 0 Å². The van der Waals surface area contributed by atoms with E-state index in [1.807, 2.05) is 48.1 Å². The molecule has 1 heterocycles. The number of hydrogen-bond acceptors (Lipinski definition) is 2. The van der Waals surface area contributed by atoms with Gasteiger partial charge in [-0.25, -0.2) is 0 Å². The molecule has 1 aromatic carbocycles. The number of nitrogens with zero attached hydrogens (tertiary/aromatic N) is 2. The zero-order chi connectivity index (χ0) is 13.1. The van der Waals surface area contributed by atoms with Crippen molar-refractivity contribution in [3.8, 4) is 0 Å². The maximum atomic E-state index is 6.05. The van der Waals surface area contributed by atoms with E-state index in [1.54, 1.807) is 0 Å². The highest BCUT2D eigenvalue weighted by Gasteiger charge is 2.17. The molecule has 0 bridgehead atoms. The zero-order valence-electron chi connectivity index (χ0n) is 10.0. The van der Waals surface area contributed by atoms with Crippen molar-refractivity contribution < 1.29 is 0 Å². The first-order valence-electron chi connectivity index (χ1n) is 5.62. The standard InChI is InChI=1S/C13H14ClN3S/c1-9-11(14)8-17(16-9)12(7-13(15)18)10-5-3-2-4-6-10/h2-6,8,12H,7H2,1H3,(H2,15,18). The summed E-state index contributed by atoms with van der Waals surface area (Å²) < 4.78 is 1.83. The van der Waals surface area contributed by atoms with Crippen molar-refractivity contribution >= 4 is 28.8 Å². The van der Waals surface area contributed by atoms with E-state index in [4.69, 9.17) is 29.6 Å². The van der Waals surface area contributed by atoms with Crippen molar-refractivity contribution in [3.05, 3.63) is 52.8 Å². The summed E-state index contributed by atoms with van der Waals surface area (Å²) in [5, 5.41) is 5.06. The second kappa shape index (κ2) is 5.50. The molecule has 2 rings (SSSR count). The lowest BCUT2D eigenvalue weighted by atomic mass is 10.0. The number of aromatic nitrogens is 2. The third-order valence-corrected chi connectivity index (χ3v) is 3.29. The number of aryl methyl sites for hydroxylation is 1. The summed E-state index contributed by atoms with van der Waals surface area (Å²) in [5.74, 6) is 0. The molecule has 0 radical (unpaired) electrons. The van der Waals surface area contributed by atoms with Crippen LogP contribution in [0, 0.1) is 6.92 Å². The van der Waals surface area contributed by atoms with Crippen LogP contribution in [0.1, 0.15) is 23.7 Å². The molecule has 1 atom stereocenters. The molecule has 1 aromatic heterocycles. The van der Waals surface area contributed by atoms with Crippen LogP contribution in [0.4, 0.5) is 0 Å². The van der Waals surface area contributed by atoms with Crippen molar-refractivity contribution in [1.29, 1.82) is 0 Å². The van der Waals surface area contributed by atoms with Crippen LogP contribution in [0.5, 0.6) is 0 Å². The van der Waals surface area contributed by atoms with Crippen molar-refractivity contribution in [2.45, 2.75) is 19.4 Å². The molecule has 94 valence electrons. The molecule has 0 aliphatic carbocycles. The molecule has 2 N–H and O–H groups in total. The number of nitrogens with two attached hydrogens (primary N) is 1. The van der Waals surface area contributed by atoms with E-state index in [9.17, 15) is 0 Å². The summed E-state index contributed by atoms with van der Waals surface area (Å²) in [7, 11) is 0. The lowest BCUT2D eigenvalue weighted by molar-refractivity contribution is 0.536. The molecule has 0 saturated heterocycles. The van der Waals surface area contributed by atoms with Gasteiger partial charge >= 0.3 is 0 Å². The summed E-state index contributed by atoms with van der Waals surface area (Å²) in [6, 6.07) is 10.0. The maximum Gasteiger partial charge on any atom is 0.0832 e. The molecule has 1 unspecified atom stereocenters. The van der Waals surface area contributed by atoms with E-state index in [0.29, 0.717) is 16.4 Å². The quantitative estimate of drug-likeness (QED) is 0.875. The van der Waals surface area contributed by atoms with Gasteiger partial charge in [-0.1, -0.05) is 54.2 Å². The fourth-order valence-electron chi connectivity index (χ4n) is 1.85. The number of thiocarbonyl (C=S) groups is 1. The Balaban J connectivity index is 2.39. The average molecular weight is 280 g/mol. The predicted molar refractivity (Wildman–Crippen MR) is 78.0 cm³/mol. The lowest BCUT2D eigenvalue weighted by Crippen LogP contribution is -2.19. The monoisotopic (exact) mass is 279 g/mol. The van der Waals surface area contributed by atoms with Crippen LogP contribution in [-0.4, -0.2) is 14.8 Å². The third kappa shape index (κ3) is 2.89. The Morgan fingerprint density at radius 2 is 2.11 bits per heavy atom. The normalized spacial score (nSPS) is 12.3. The van der Waals surface area contributed by atoms with Crippen molar-refractivity contribution in [2.75, 3.05) is 0 Å². The first-order chi connectivity index (χ1) is 8.58. The topological polar surface area (TPSA) is 43.8 Å². The Morgan fingerprint density at radius 3 is 2.61 bits per heavy atom. The summed E-state index contributed by atoms with van der Waals surface area (Å²) in [5.41, 5.74) is 7.59. The van der Waals surface area contributed by atoms with Gasteiger partial charge in [-0.05, 0) is 12.5 Å². The third-order valence-electron chi connectivity index (χ3n) is 2.75. The second-order valence-corrected chi connectivity index (χ2v) is 5.07. The minimum absolute atomic E-state index is 0.00472. The van der Waals surface area contributed by atoms with Gasteiger partial charge < -0.3 is 5.73 Å². The van der Waals surface area contributed by atoms with Gasteiger partial charge in [-0.2, -0.15) is 5.10 Å². The first-order valence-corrected chi connectivity index (χ1v) is 6.41. The lowest BCUT2D eigenvalue weighted by Gasteiger charge is -2.17. The number of hydrogen-bond donors (Lipinski definition) is 1. The zero-order valence-corrected chi connectivity index (χ0v) is 11.6. The molecule has 0 fully saturated rings. The second-order valence-electron chi connectivity index (χ2n) is 4.14. The van der Waals surface area contributed by atoms with Gasteiger partial charge in [0.05, 0.1) is 21.7 Å². The molecule has 3 nitrogen and oxygen atoms in total. The van der Waals surface area contributed by atoms with Crippen molar-refractivity contribution in [2.24, 2.45) is 5.73 Å². The van der Waals surface area contributed by atoms with Crippen molar-refractivity contribution in [1.82, 2.24) is 9.78 Å². The maximum absolute atomic E-state index is 6.05. The molecule has 0 spiro atoms. The van der Waals surface area contributed by atoms with E-state index < -0.39 is 0 Å². The SMILES string of the molecule is Cc1nn(C(CC(N)=S)c2ccccc2)cc1Cl. The fraction of sp³-hybridized carbons (Fsp3) is 0.231. The number of halogens is 1. The van der Waals surface area contributed by atoms with Crippen LogP contribution in [0.15, 0.2) is 36.5 Å². The molecule has 0 saturated carbocycles. The van der Waals surface area contributed by atoms with Gasteiger partial charge in [0.15, 0.2) is 0 Å². The van der Waals surface area contributed by atoms with Gasteiger partial charge in [0.25, 0.3) is 0 Å². The van der Waals surface area contributed by atoms with E-state index in [-0.39, 0.29) is 6.04 Å². The van der Waals surface area contributed by atoms with E-state index in [2.05, 4.69) is 5.10 Å². The average Bonchev–Trinajstić information content (AvgIpc) is 2.67. The Labute approximate surface area is 117 Å². The molecule has 18 heavy (non-hydrogen) atoms. The first kappa shape index (κ1) is 13.1. The van der Waals surface area contributed by atoms with E-state index in [1.165, 1.54) is 0 Å². The Morgan fingerprint density at radius 1 is 1.44 bits per heavy atom. The van der Waals surface area contributed by atoms with Crippen LogP contribution in [-0.2, 0) is 0 Å². The van der Waals surface area contributed by atoms with Crippen molar-refractivity contribution in [3.63, 3.8) is 0 Å². The fourth-order valence-corrected chi connectivity index (χ4v) is 2.14. The summed E-state index contributed by atoms with van der Waals surface area (Å²) >= 11 is 11.1. The highest BCUT2D eigenvalue weighted by Crippen LogP contribution is 2.24. The summed E-state index contributed by atoms with van der Waals surface area (Å²) in [6.45, 7) is 1.88. The summed E-state index contributed by atoms with van der Waals surface area (Å²) in [6.07, 6.45) is 2.38. The largest absolute Gasteiger partial charge is 0.393 e. The molecule has 0 aliphatic heterocycles. The molecule has 0 amide bonds. The van der Waals surface area contributed by atoms with Gasteiger partial charge in [-0.3, -0.25) is 4.68 Å². The van der Waals surface area contributed by atoms with Crippen LogP contribution < -0.4 is 5.73 Å².